The largest absolute Gasteiger partial charge is 0.497 e. The highest BCUT2D eigenvalue weighted by atomic mass is 16.5. The Hall–Kier alpha value is -2.81. The van der Waals surface area contributed by atoms with Gasteiger partial charge in [-0.25, -0.2) is 4.98 Å². The second-order valence-corrected chi connectivity index (χ2v) is 4.98. The molecule has 0 aliphatic rings. The van der Waals surface area contributed by atoms with Crippen molar-refractivity contribution in [3.63, 3.8) is 0 Å². The van der Waals surface area contributed by atoms with Gasteiger partial charge < -0.3 is 9.72 Å². The van der Waals surface area contributed by atoms with Gasteiger partial charge in [-0.2, -0.15) is 0 Å². The predicted octanol–water partition coefficient (Wildman–Crippen LogP) is 4.39. The minimum absolute atomic E-state index is 0.864. The SMILES string of the molecule is COc1ccc(-c2ccnc3[nH]c4ccccc4c23)cc1. The van der Waals surface area contributed by atoms with Crippen LogP contribution in [0.1, 0.15) is 0 Å². The molecular formula is C18H14N2O. The number of hydrogen-bond donors (Lipinski definition) is 1. The zero-order valence-corrected chi connectivity index (χ0v) is 11.6. The number of hydrogen-bond acceptors (Lipinski definition) is 2. The summed E-state index contributed by atoms with van der Waals surface area (Å²) in [7, 11) is 1.68. The van der Waals surface area contributed by atoms with E-state index in [0.717, 1.165) is 22.5 Å². The lowest BCUT2D eigenvalue weighted by Crippen LogP contribution is -1.84. The van der Waals surface area contributed by atoms with Crippen molar-refractivity contribution in [3.05, 3.63) is 60.8 Å². The van der Waals surface area contributed by atoms with Crippen LogP contribution in [-0.2, 0) is 0 Å². The molecule has 0 amide bonds. The molecule has 2 heterocycles. The number of aromatic amines is 1. The van der Waals surface area contributed by atoms with Gasteiger partial charge in [-0.1, -0.05) is 30.3 Å². The van der Waals surface area contributed by atoms with Crippen molar-refractivity contribution >= 4 is 21.9 Å². The lowest BCUT2D eigenvalue weighted by Gasteiger charge is -2.05. The maximum Gasteiger partial charge on any atom is 0.138 e. The lowest BCUT2D eigenvalue weighted by atomic mass is 10.0. The molecule has 2 aromatic carbocycles. The molecule has 0 fully saturated rings. The van der Waals surface area contributed by atoms with Gasteiger partial charge in [-0.05, 0) is 35.4 Å². The molecule has 0 aliphatic heterocycles. The molecule has 0 saturated carbocycles. The zero-order chi connectivity index (χ0) is 14.2. The minimum atomic E-state index is 0.864. The summed E-state index contributed by atoms with van der Waals surface area (Å²) in [6.45, 7) is 0. The molecule has 0 bridgehead atoms. The second kappa shape index (κ2) is 4.63. The highest BCUT2D eigenvalue weighted by Crippen LogP contribution is 2.33. The molecule has 3 nitrogen and oxygen atoms in total. The number of methoxy groups -OCH3 is 1. The number of para-hydroxylation sites is 1. The van der Waals surface area contributed by atoms with E-state index in [1.807, 2.05) is 24.4 Å². The fraction of sp³-hybridized carbons (Fsp3) is 0.0556. The van der Waals surface area contributed by atoms with E-state index >= 15 is 0 Å². The number of H-pyrrole nitrogens is 1. The molecule has 0 aliphatic carbocycles. The molecule has 4 rings (SSSR count). The topological polar surface area (TPSA) is 37.9 Å². The lowest BCUT2D eigenvalue weighted by molar-refractivity contribution is 0.415. The number of aromatic nitrogens is 2. The highest BCUT2D eigenvalue weighted by molar-refractivity contribution is 6.12. The van der Waals surface area contributed by atoms with Crippen LogP contribution in [-0.4, -0.2) is 17.1 Å². The van der Waals surface area contributed by atoms with Crippen LogP contribution in [0.2, 0.25) is 0 Å². The third-order valence-corrected chi connectivity index (χ3v) is 3.80. The Balaban J connectivity index is 2.03. The number of benzene rings is 2. The Bertz CT molecular complexity index is 923. The number of ether oxygens (including phenoxy) is 1. The van der Waals surface area contributed by atoms with Gasteiger partial charge in [0.05, 0.1) is 7.11 Å². The maximum absolute atomic E-state index is 5.23. The van der Waals surface area contributed by atoms with Crippen molar-refractivity contribution in [2.45, 2.75) is 0 Å². The van der Waals surface area contributed by atoms with Gasteiger partial charge in [-0.15, -0.1) is 0 Å². The van der Waals surface area contributed by atoms with Gasteiger partial charge in [0.1, 0.15) is 11.4 Å². The standard InChI is InChI=1S/C18H14N2O/c1-21-13-8-6-12(7-9-13)14-10-11-19-18-17(14)15-4-2-3-5-16(15)20-18/h2-11H,1H3,(H,19,20). The van der Waals surface area contributed by atoms with Gasteiger partial charge in [0, 0.05) is 22.5 Å². The smallest absolute Gasteiger partial charge is 0.138 e. The van der Waals surface area contributed by atoms with Crippen LogP contribution < -0.4 is 4.74 Å². The Labute approximate surface area is 122 Å². The summed E-state index contributed by atoms with van der Waals surface area (Å²) < 4.78 is 5.23. The zero-order valence-electron chi connectivity index (χ0n) is 11.6. The summed E-state index contributed by atoms with van der Waals surface area (Å²) in [4.78, 5) is 7.83. The predicted molar refractivity (Wildman–Crippen MR) is 85.6 cm³/mol. The Morgan fingerprint density at radius 1 is 0.952 bits per heavy atom. The Morgan fingerprint density at radius 2 is 1.76 bits per heavy atom. The van der Waals surface area contributed by atoms with Crippen LogP contribution in [0, 0.1) is 0 Å². The molecule has 0 spiro atoms. The van der Waals surface area contributed by atoms with Crippen molar-refractivity contribution in [1.82, 2.24) is 9.97 Å². The van der Waals surface area contributed by atoms with Gasteiger partial charge in [0.2, 0.25) is 0 Å². The number of nitrogens with one attached hydrogen (secondary N) is 1. The van der Waals surface area contributed by atoms with Crippen molar-refractivity contribution in [3.8, 4) is 16.9 Å². The second-order valence-electron chi connectivity index (χ2n) is 4.98. The number of nitrogens with zero attached hydrogens (tertiary/aromatic N) is 1. The number of rotatable bonds is 2. The summed E-state index contributed by atoms with van der Waals surface area (Å²) in [5.74, 6) is 0.864. The van der Waals surface area contributed by atoms with Crippen LogP contribution in [0.4, 0.5) is 0 Å². The van der Waals surface area contributed by atoms with Crippen molar-refractivity contribution in [1.29, 1.82) is 0 Å². The first kappa shape index (κ1) is 12.0. The Kier molecular flexibility index (Phi) is 2.64. The molecule has 1 N–H and O–H groups in total. The van der Waals surface area contributed by atoms with Gasteiger partial charge >= 0.3 is 0 Å². The fourth-order valence-corrected chi connectivity index (χ4v) is 2.78. The molecule has 0 saturated heterocycles. The van der Waals surface area contributed by atoms with Crippen LogP contribution in [0.25, 0.3) is 33.1 Å². The molecule has 0 radical (unpaired) electrons. The molecule has 2 aromatic heterocycles. The van der Waals surface area contributed by atoms with Crippen LogP contribution in [0.3, 0.4) is 0 Å². The third kappa shape index (κ3) is 1.86. The van der Waals surface area contributed by atoms with E-state index in [-0.39, 0.29) is 0 Å². The first-order chi connectivity index (χ1) is 10.4. The van der Waals surface area contributed by atoms with Gasteiger partial charge in [0.25, 0.3) is 0 Å². The fourth-order valence-electron chi connectivity index (χ4n) is 2.78. The average Bonchev–Trinajstić information content (AvgIpc) is 2.93. The molecule has 21 heavy (non-hydrogen) atoms. The van der Waals surface area contributed by atoms with Crippen molar-refractivity contribution < 1.29 is 4.74 Å². The first-order valence-electron chi connectivity index (χ1n) is 6.86. The average molecular weight is 274 g/mol. The first-order valence-corrected chi connectivity index (χ1v) is 6.86. The molecule has 0 unspecified atom stereocenters. The van der Waals surface area contributed by atoms with E-state index in [0.29, 0.717) is 0 Å². The molecular weight excluding hydrogens is 260 g/mol. The van der Waals surface area contributed by atoms with E-state index in [4.69, 9.17) is 4.74 Å². The van der Waals surface area contributed by atoms with E-state index in [1.165, 1.54) is 16.3 Å². The summed E-state index contributed by atoms with van der Waals surface area (Å²) in [6, 6.07) is 18.5. The Morgan fingerprint density at radius 3 is 2.57 bits per heavy atom. The van der Waals surface area contributed by atoms with Crippen LogP contribution in [0.15, 0.2) is 60.8 Å². The molecule has 4 aromatic rings. The molecule has 3 heteroatoms. The monoisotopic (exact) mass is 274 g/mol. The molecule has 0 atom stereocenters. The number of pyridine rings is 1. The van der Waals surface area contributed by atoms with E-state index in [1.54, 1.807) is 7.11 Å². The van der Waals surface area contributed by atoms with Gasteiger partial charge in [0.15, 0.2) is 0 Å². The van der Waals surface area contributed by atoms with E-state index in [9.17, 15) is 0 Å². The van der Waals surface area contributed by atoms with Crippen LogP contribution in [0.5, 0.6) is 5.75 Å². The van der Waals surface area contributed by atoms with Crippen molar-refractivity contribution in [2.75, 3.05) is 7.11 Å². The van der Waals surface area contributed by atoms with Gasteiger partial charge in [-0.3, -0.25) is 0 Å². The third-order valence-electron chi connectivity index (χ3n) is 3.80. The highest BCUT2D eigenvalue weighted by Gasteiger charge is 2.10. The van der Waals surface area contributed by atoms with Crippen LogP contribution >= 0.6 is 0 Å². The maximum atomic E-state index is 5.23. The summed E-state index contributed by atoms with van der Waals surface area (Å²) in [6.07, 6.45) is 1.84. The van der Waals surface area contributed by atoms with E-state index < -0.39 is 0 Å². The summed E-state index contributed by atoms with van der Waals surface area (Å²) in [5.41, 5.74) is 4.37. The summed E-state index contributed by atoms with van der Waals surface area (Å²) in [5, 5.41) is 2.37. The number of fused-ring (bicyclic) bond motifs is 3. The minimum Gasteiger partial charge on any atom is -0.497 e. The summed E-state index contributed by atoms with van der Waals surface area (Å²) >= 11 is 0. The normalized spacial score (nSPS) is 11.1. The quantitative estimate of drug-likeness (QED) is 0.588. The molecule has 102 valence electrons. The van der Waals surface area contributed by atoms with Crippen molar-refractivity contribution in [2.24, 2.45) is 0 Å². The van der Waals surface area contributed by atoms with E-state index in [2.05, 4.69) is 46.4 Å².